The molecule has 2 amide bonds. The number of carbonyl (C=O) groups excluding carboxylic acids is 2. The van der Waals surface area contributed by atoms with Crippen molar-refractivity contribution in [3.63, 3.8) is 0 Å². The molecule has 5 nitrogen and oxygen atoms in total. The highest BCUT2D eigenvalue weighted by Crippen LogP contribution is 1.99. The lowest BCUT2D eigenvalue weighted by atomic mass is 10.0. The summed E-state index contributed by atoms with van der Waals surface area (Å²) in [4.78, 5) is 24.1. The molecule has 0 aliphatic rings. The van der Waals surface area contributed by atoms with Gasteiger partial charge in [0.25, 0.3) is 0 Å². The van der Waals surface area contributed by atoms with Crippen LogP contribution >= 0.6 is 0 Å². The molecule has 0 aromatic carbocycles. The zero-order valence-electron chi connectivity index (χ0n) is 9.91. The third-order valence-corrected chi connectivity index (χ3v) is 2.34. The Kier molecular flexibility index (Phi) is 5.93. The molecule has 5 heteroatoms. The Labute approximate surface area is 91.0 Å². The number of nitrogens with one attached hydrogen (secondary N) is 1. The van der Waals surface area contributed by atoms with Crippen LogP contribution in [0, 0.1) is 5.92 Å². The molecule has 0 bridgehead atoms. The maximum Gasteiger partial charge on any atom is 0.224 e. The van der Waals surface area contributed by atoms with Crippen molar-refractivity contribution in [1.29, 1.82) is 0 Å². The van der Waals surface area contributed by atoms with Gasteiger partial charge in [0.05, 0.1) is 0 Å². The molecule has 3 N–H and O–H groups in total. The van der Waals surface area contributed by atoms with E-state index in [1.165, 1.54) is 4.90 Å². The molecular weight excluding hydrogens is 194 g/mol. The van der Waals surface area contributed by atoms with Gasteiger partial charge >= 0.3 is 0 Å². The number of amides is 2. The van der Waals surface area contributed by atoms with Gasteiger partial charge in [-0.3, -0.25) is 9.59 Å². The first-order valence-corrected chi connectivity index (χ1v) is 5.09. The molecular formula is C10H21N3O2. The van der Waals surface area contributed by atoms with Crippen molar-refractivity contribution in [2.75, 3.05) is 20.6 Å². The molecule has 0 rings (SSSR count). The van der Waals surface area contributed by atoms with Gasteiger partial charge in [-0.15, -0.1) is 0 Å². The molecule has 0 fully saturated rings. The van der Waals surface area contributed by atoms with Crippen LogP contribution in [0.2, 0.25) is 0 Å². The number of rotatable bonds is 5. The van der Waals surface area contributed by atoms with Crippen LogP contribution in [-0.2, 0) is 9.59 Å². The van der Waals surface area contributed by atoms with Gasteiger partial charge in [0, 0.05) is 39.0 Å². The average molecular weight is 215 g/mol. The van der Waals surface area contributed by atoms with E-state index < -0.39 is 0 Å². The van der Waals surface area contributed by atoms with E-state index in [1.807, 2.05) is 0 Å². The summed E-state index contributed by atoms with van der Waals surface area (Å²) in [5.41, 5.74) is 5.58. The largest absolute Gasteiger partial charge is 0.355 e. The molecule has 0 heterocycles. The Bertz CT molecular complexity index is 227. The normalized spacial score (nSPS) is 14.2. The summed E-state index contributed by atoms with van der Waals surface area (Å²) in [5.74, 6) is -0.320. The van der Waals surface area contributed by atoms with Crippen molar-refractivity contribution in [3.05, 3.63) is 0 Å². The summed E-state index contributed by atoms with van der Waals surface area (Å²) >= 11 is 0. The highest BCUT2D eigenvalue weighted by molar-refractivity contribution is 5.80. The van der Waals surface area contributed by atoms with Crippen LogP contribution in [-0.4, -0.2) is 43.4 Å². The van der Waals surface area contributed by atoms with Crippen molar-refractivity contribution in [1.82, 2.24) is 10.2 Å². The van der Waals surface area contributed by atoms with Crippen LogP contribution in [0.15, 0.2) is 0 Å². The predicted octanol–water partition coefficient (Wildman–Crippen LogP) is -0.436. The fraction of sp³-hybridized carbons (Fsp3) is 0.800. The molecule has 2 atom stereocenters. The maximum absolute atomic E-state index is 11.4. The van der Waals surface area contributed by atoms with Crippen molar-refractivity contribution < 1.29 is 9.59 Å². The van der Waals surface area contributed by atoms with Gasteiger partial charge in [-0.1, -0.05) is 6.92 Å². The van der Waals surface area contributed by atoms with Gasteiger partial charge in [-0.25, -0.2) is 0 Å². The van der Waals surface area contributed by atoms with E-state index in [0.717, 1.165) is 0 Å². The highest BCUT2D eigenvalue weighted by atomic mass is 16.2. The first-order chi connectivity index (χ1) is 6.86. The van der Waals surface area contributed by atoms with E-state index in [2.05, 4.69) is 5.32 Å². The van der Waals surface area contributed by atoms with Crippen molar-refractivity contribution in [3.8, 4) is 0 Å². The predicted molar refractivity (Wildman–Crippen MR) is 59.1 cm³/mol. The molecule has 88 valence electrons. The SMILES string of the molecule is CC(N)C(C)C(=O)NCCC(=O)N(C)C. The Hall–Kier alpha value is -1.10. The zero-order valence-corrected chi connectivity index (χ0v) is 9.91. The van der Waals surface area contributed by atoms with Crippen LogP contribution in [0.25, 0.3) is 0 Å². The zero-order chi connectivity index (χ0) is 12.0. The lowest BCUT2D eigenvalue weighted by Crippen LogP contribution is -2.39. The van der Waals surface area contributed by atoms with Gasteiger partial charge in [0.2, 0.25) is 11.8 Å². The first kappa shape index (κ1) is 13.9. The average Bonchev–Trinajstić information content (AvgIpc) is 2.15. The summed E-state index contributed by atoms with van der Waals surface area (Å²) in [6, 6.07) is -0.172. The summed E-state index contributed by atoms with van der Waals surface area (Å²) < 4.78 is 0. The molecule has 0 spiro atoms. The van der Waals surface area contributed by atoms with Gasteiger partial charge in [-0.2, -0.15) is 0 Å². The molecule has 0 aromatic heterocycles. The summed E-state index contributed by atoms with van der Waals surface area (Å²) in [6.07, 6.45) is 0.324. The molecule has 0 radical (unpaired) electrons. The highest BCUT2D eigenvalue weighted by Gasteiger charge is 2.16. The third kappa shape index (κ3) is 5.37. The van der Waals surface area contributed by atoms with Crippen LogP contribution in [0.4, 0.5) is 0 Å². The number of nitrogens with zero attached hydrogens (tertiary/aromatic N) is 1. The Morgan fingerprint density at radius 3 is 2.27 bits per heavy atom. The van der Waals surface area contributed by atoms with E-state index in [4.69, 9.17) is 5.73 Å². The number of hydrogen-bond donors (Lipinski definition) is 2. The van der Waals surface area contributed by atoms with E-state index in [9.17, 15) is 9.59 Å². The van der Waals surface area contributed by atoms with Crippen LogP contribution in [0.1, 0.15) is 20.3 Å². The second kappa shape index (κ2) is 6.40. The van der Waals surface area contributed by atoms with Crippen molar-refractivity contribution in [2.45, 2.75) is 26.3 Å². The first-order valence-electron chi connectivity index (χ1n) is 5.09. The van der Waals surface area contributed by atoms with E-state index >= 15 is 0 Å². The van der Waals surface area contributed by atoms with E-state index in [0.29, 0.717) is 13.0 Å². The quantitative estimate of drug-likeness (QED) is 0.653. The minimum atomic E-state index is -0.223. The second-order valence-corrected chi connectivity index (χ2v) is 3.98. The standard InChI is InChI=1S/C10H21N3O2/c1-7(8(2)11)10(15)12-6-5-9(14)13(3)4/h7-8H,5-6,11H2,1-4H3,(H,12,15). The van der Waals surface area contributed by atoms with Crippen LogP contribution < -0.4 is 11.1 Å². The fourth-order valence-electron chi connectivity index (χ4n) is 0.916. The minimum Gasteiger partial charge on any atom is -0.355 e. The Morgan fingerprint density at radius 2 is 1.87 bits per heavy atom. The van der Waals surface area contributed by atoms with Crippen LogP contribution in [0.3, 0.4) is 0 Å². The van der Waals surface area contributed by atoms with Crippen molar-refractivity contribution >= 4 is 11.8 Å². The lowest BCUT2D eigenvalue weighted by Gasteiger charge is -2.15. The van der Waals surface area contributed by atoms with Gasteiger partial charge in [0.15, 0.2) is 0 Å². The molecule has 2 unspecified atom stereocenters. The number of carbonyl (C=O) groups is 2. The van der Waals surface area contributed by atoms with Crippen LogP contribution in [0.5, 0.6) is 0 Å². The molecule has 0 saturated heterocycles. The molecule has 15 heavy (non-hydrogen) atoms. The summed E-state index contributed by atoms with van der Waals surface area (Å²) in [7, 11) is 3.38. The lowest BCUT2D eigenvalue weighted by molar-refractivity contribution is -0.129. The molecule has 0 aromatic rings. The summed E-state index contributed by atoms with van der Waals surface area (Å²) in [5, 5.41) is 2.68. The van der Waals surface area contributed by atoms with Crippen molar-refractivity contribution in [2.24, 2.45) is 11.7 Å². The summed E-state index contributed by atoms with van der Waals surface area (Å²) in [6.45, 7) is 3.93. The number of nitrogens with two attached hydrogens (primary N) is 1. The maximum atomic E-state index is 11.4. The van der Waals surface area contributed by atoms with E-state index in [-0.39, 0.29) is 23.8 Å². The fourth-order valence-corrected chi connectivity index (χ4v) is 0.916. The number of hydrogen-bond acceptors (Lipinski definition) is 3. The molecule has 0 saturated carbocycles. The molecule has 0 aliphatic carbocycles. The smallest absolute Gasteiger partial charge is 0.224 e. The second-order valence-electron chi connectivity index (χ2n) is 3.98. The Balaban J connectivity index is 3.78. The van der Waals surface area contributed by atoms with Gasteiger partial charge < -0.3 is 16.0 Å². The van der Waals surface area contributed by atoms with E-state index in [1.54, 1.807) is 27.9 Å². The molecule has 0 aliphatic heterocycles. The topological polar surface area (TPSA) is 75.4 Å². The monoisotopic (exact) mass is 215 g/mol. The third-order valence-electron chi connectivity index (χ3n) is 2.34. The Morgan fingerprint density at radius 1 is 1.33 bits per heavy atom. The van der Waals surface area contributed by atoms with Gasteiger partial charge in [-0.05, 0) is 6.92 Å². The minimum absolute atomic E-state index is 0.00347. The van der Waals surface area contributed by atoms with Gasteiger partial charge in [0.1, 0.15) is 0 Å².